The number of aliphatic imine (C=N–C) groups is 1. The van der Waals surface area contributed by atoms with Crippen molar-refractivity contribution in [2.45, 2.75) is 26.5 Å². The molecular weight excluding hydrogens is 307 g/mol. The fourth-order valence-electron chi connectivity index (χ4n) is 2.01. The number of anilines is 1. The van der Waals surface area contributed by atoms with Crippen LogP contribution >= 0.6 is 0 Å². The predicted octanol–water partition coefficient (Wildman–Crippen LogP) is 3.41. The van der Waals surface area contributed by atoms with E-state index in [-0.39, 0.29) is 18.6 Å². The molecule has 0 aliphatic rings. The molecule has 0 heterocycles. The van der Waals surface area contributed by atoms with Gasteiger partial charge in [0.2, 0.25) is 0 Å². The number of nitrogens with zero attached hydrogens (tertiary/aromatic N) is 2. The van der Waals surface area contributed by atoms with Crippen LogP contribution in [0, 0.1) is 17.1 Å². The first-order chi connectivity index (χ1) is 11.5. The molecule has 0 radical (unpaired) electrons. The van der Waals surface area contributed by atoms with Crippen molar-refractivity contribution < 1.29 is 9.13 Å². The Kier molecular flexibility index (Phi) is 5.74. The van der Waals surface area contributed by atoms with Gasteiger partial charge >= 0.3 is 0 Å². The molecule has 0 amide bonds. The Bertz CT molecular complexity index is 764. The van der Waals surface area contributed by atoms with E-state index < -0.39 is 5.82 Å². The van der Waals surface area contributed by atoms with E-state index in [4.69, 9.17) is 15.7 Å². The van der Waals surface area contributed by atoms with Crippen LogP contribution in [0.2, 0.25) is 0 Å². The second kappa shape index (κ2) is 7.97. The number of nitrogens with two attached hydrogens (primary N) is 1. The second-order valence-electron chi connectivity index (χ2n) is 5.44. The molecule has 0 aromatic heterocycles. The van der Waals surface area contributed by atoms with E-state index in [1.807, 2.05) is 44.2 Å². The highest BCUT2D eigenvalue weighted by molar-refractivity contribution is 5.92. The number of ether oxygens (including phenoxy) is 1. The zero-order valence-electron chi connectivity index (χ0n) is 13.6. The van der Waals surface area contributed by atoms with Gasteiger partial charge in [-0.15, -0.1) is 0 Å². The molecule has 124 valence electrons. The Labute approximate surface area is 140 Å². The first kappa shape index (κ1) is 17.3. The number of guanidine groups is 1. The molecule has 5 nitrogen and oxygen atoms in total. The van der Waals surface area contributed by atoms with Gasteiger partial charge in [-0.1, -0.05) is 0 Å². The molecule has 0 spiro atoms. The summed E-state index contributed by atoms with van der Waals surface area (Å²) in [5, 5.41) is 11.8. The summed E-state index contributed by atoms with van der Waals surface area (Å²) in [5.41, 5.74) is 7.26. The van der Waals surface area contributed by atoms with Gasteiger partial charge in [0.15, 0.2) is 5.96 Å². The smallest absolute Gasteiger partial charge is 0.193 e. The monoisotopic (exact) mass is 326 g/mol. The predicted molar refractivity (Wildman–Crippen MR) is 92.3 cm³/mol. The molecule has 6 heteroatoms. The van der Waals surface area contributed by atoms with Crippen molar-refractivity contribution in [2.75, 3.05) is 5.32 Å². The molecule has 0 atom stereocenters. The first-order valence-corrected chi connectivity index (χ1v) is 7.50. The van der Waals surface area contributed by atoms with Crippen LogP contribution in [-0.2, 0) is 6.54 Å². The molecule has 2 rings (SSSR count). The van der Waals surface area contributed by atoms with Crippen LogP contribution in [0.1, 0.15) is 25.0 Å². The molecule has 0 saturated heterocycles. The Balaban J connectivity index is 2.00. The SMILES string of the molecule is CC(C)Oc1ccc(NC(N)=NCc2cc(C#N)ccc2F)cc1. The van der Waals surface area contributed by atoms with E-state index in [0.717, 1.165) is 11.4 Å². The zero-order valence-corrected chi connectivity index (χ0v) is 13.6. The van der Waals surface area contributed by atoms with Gasteiger partial charge in [-0.2, -0.15) is 5.26 Å². The molecule has 0 bridgehead atoms. The number of halogens is 1. The summed E-state index contributed by atoms with van der Waals surface area (Å²) in [5.74, 6) is 0.511. The molecule has 0 aliphatic heterocycles. The van der Waals surface area contributed by atoms with Crippen LogP contribution in [-0.4, -0.2) is 12.1 Å². The van der Waals surface area contributed by atoms with Gasteiger partial charge in [0.05, 0.1) is 24.3 Å². The van der Waals surface area contributed by atoms with Crippen LogP contribution in [0.4, 0.5) is 10.1 Å². The molecule has 2 aromatic carbocycles. The summed E-state index contributed by atoms with van der Waals surface area (Å²) in [6.07, 6.45) is 0.106. The fourth-order valence-corrected chi connectivity index (χ4v) is 2.01. The second-order valence-corrected chi connectivity index (χ2v) is 5.44. The van der Waals surface area contributed by atoms with Crippen LogP contribution in [0.3, 0.4) is 0 Å². The van der Waals surface area contributed by atoms with Crippen LogP contribution in [0.15, 0.2) is 47.5 Å². The summed E-state index contributed by atoms with van der Waals surface area (Å²) in [7, 11) is 0. The quantitative estimate of drug-likeness (QED) is 0.651. The summed E-state index contributed by atoms with van der Waals surface area (Å²) >= 11 is 0. The Morgan fingerprint density at radius 3 is 2.62 bits per heavy atom. The lowest BCUT2D eigenvalue weighted by Gasteiger charge is -2.11. The number of benzene rings is 2. The Morgan fingerprint density at radius 2 is 2.00 bits per heavy atom. The van der Waals surface area contributed by atoms with Gasteiger partial charge in [-0.05, 0) is 56.3 Å². The molecule has 2 aromatic rings. The van der Waals surface area contributed by atoms with Crippen molar-refractivity contribution in [3.8, 4) is 11.8 Å². The third-order valence-corrected chi connectivity index (χ3v) is 3.09. The number of hydrogen-bond donors (Lipinski definition) is 2. The maximum absolute atomic E-state index is 13.7. The molecule has 3 N–H and O–H groups in total. The van der Waals surface area contributed by atoms with Crippen molar-refractivity contribution in [1.82, 2.24) is 0 Å². The third kappa shape index (κ3) is 4.99. The van der Waals surface area contributed by atoms with Crippen molar-refractivity contribution in [3.05, 3.63) is 59.4 Å². The zero-order chi connectivity index (χ0) is 17.5. The molecule has 0 aliphatic carbocycles. The van der Waals surface area contributed by atoms with Gasteiger partial charge < -0.3 is 15.8 Å². The van der Waals surface area contributed by atoms with Crippen molar-refractivity contribution in [2.24, 2.45) is 10.7 Å². The first-order valence-electron chi connectivity index (χ1n) is 7.50. The molecule has 0 saturated carbocycles. The molecular formula is C18H19FN4O. The number of rotatable bonds is 5. The number of hydrogen-bond acceptors (Lipinski definition) is 3. The van der Waals surface area contributed by atoms with Gasteiger partial charge in [0.1, 0.15) is 11.6 Å². The summed E-state index contributed by atoms with van der Waals surface area (Å²) in [6.45, 7) is 3.96. The van der Waals surface area contributed by atoms with Crippen LogP contribution in [0.25, 0.3) is 0 Å². The Morgan fingerprint density at radius 1 is 1.29 bits per heavy atom. The minimum absolute atomic E-state index is 0.0503. The van der Waals surface area contributed by atoms with E-state index in [9.17, 15) is 4.39 Å². The van der Waals surface area contributed by atoms with Crippen molar-refractivity contribution in [3.63, 3.8) is 0 Å². The van der Waals surface area contributed by atoms with Gasteiger partial charge in [-0.25, -0.2) is 9.38 Å². The van der Waals surface area contributed by atoms with Crippen molar-refractivity contribution >= 4 is 11.6 Å². The lowest BCUT2D eigenvalue weighted by atomic mass is 10.1. The van der Waals surface area contributed by atoms with Crippen LogP contribution < -0.4 is 15.8 Å². The average molecular weight is 326 g/mol. The third-order valence-electron chi connectivity index (χ3n) is 3.09. The van der Waals surface area contributed by atoms with Gasteiger partial charge in [0, 0.05) is 11.3 Å². The molecule has 24 heavy (non-hydrogen) atoms. The minimum atomic E-state index is -0.416. The lowest BCUT2D eigenvalue weighted by Crippen LogP contribution is -2.22. The highest BCUT2D eigenvalue weighted by Crippen LogP contribution is 2.17. The summed E-state index contributed by atoms with van der Waals surface area (Å²) in [4.78, 5) is 4.10. The molecule has 0 unspecified atom stereocenters. The topological polar surface area (TPSA) is 83.4 Å². The van der Waals surface area contributed by atoms with Crippen LogP contribution in [0.5, 0.6) is 5.75 Å². The molecule has 0 fully saturated rings. The Hall–Kier alpha value is -3.07. The lowest BCUT2D eigenvalue weighted by molar-refractivity contribution is 0.242. The van der Waals surface area contributed by atoms with Gasteiger partial charge in [0.25, 0.3) is 0 Å². The summed E-state index contributed by atoms with van der Waals surface area (Å²) in [6, 6.07) is 13.4. The highest BCUT2D eigenvalue weighted by atomic mass is 19.1. The van der Waals surface area contributed by atoms with E-state index >= 15 is 0 Å². The number of nitriles is 1. The average Bonchev–Trinajstić information content (AvgIpc) is 2.55. The highest BCUT2D eigenvalue weighted by Gasteiger charge is 2.04. The standard InChI is InChI=1S/C18H19FN4O/c1-12(2)24-16-6-4-15(5-7-16)23-18(21)22-11-14-9-13(10-20)3-8-17(14)19/h3-9,12H,11H2,1-2H3,(H3,21,22,23). The maximum atomic E-state index is 13.7. The fraction of sp³-hybridized carbons (Fsp3) is 0.222. The van der Waals surface area contributed by atoms with E-state index in [1.54, 1.807) is 0 Å². The summed E-state index contributed by atoms with van der Waals surface area (Å²) < 4.78 is 19.2. The van der Waals surface area contributed by atoms with Gasteiger partial charge in [-0.3, -0.25) is 0 Å². The van der Waals surface area contributed by atoms with Crippen molar-refractivity contribution in [1.29, 1.82) is 5.26 Å². The number of nitrogens with one attached hydrogen (secondary N) is 1. The minimum Gasteiger partial charge on any atom is -0.491 e. The largest absolute Gasteiger partial charge is 0.491 e. The van der Waals surface area contributed by atoms with E-state index in [2.05, 4.69) is 10.3 Å². The van der Waals surface area contributed by atoms with E-state index in [1.165, 1.54) is 18.2 Å². The maximum Gasteiger partial charge on any atom is 0.193 e. The normalized spacial score (nSPS) is 11.2. The van der Waals surface area contributed by atoms with E-state index in [0.29, 0.717) is 11.1 Å².